The van der Waals surface area contributed by atoms with Gasteiger partial charge in [0.2, 0.25) is 11.8 Å². The zero-order valence-corrected chi connectivity index (χ0v) is 13.8. The fourth-order valence-corrected chi connectivity index (χ4v) is 2.86. The van der Waals surface area contributed by atoms with Gasteiger partial charge in [-0.25, -0.2) is 0 Å². The van der Waals surface area contributed by atoms with Crippen LogP contribution in [0.25, 0.3) is 0 Å². The van der Waals surface area contributed by atoms with Gasteiger partial charge in [0.25, 0.3) is 0 Å². The molecular formula is C19H20N2O3. The van der Waals surface area contributed by atoms with Gasteiger partial charge in [-0.2, -0.15) is 0 Å². The molecule has 5 heteroatoms. The number of nitrogens with zero attached hydrogens (tertiary/aromatic N) is 1. The van der Waals surface area contributed by atoms with Gasteiger partial charge in [-0.05, 0) is 48.9 Å². The monoisotopic (exact) mass is 324 g/mol. The fourth-order valence-electron chi connectivity index (χ4n) is 2.86. The van der Waals surface area contributed by atoms with E-state index in [9.17, 15) is 9.59 Å². The number of aryl methyl sites for hydroxylation is 1. The number of benzene rings is 2. The van der Waals surface area contributed by atoms with E-state index in [1.54, 1.807) is 12.0 Å². The second kappa shape index (κ2) is 6.74. The first-order chi connectivity index (χ1) is 11.6. The van der Waals surface area contributed by atoms with Crippen LogP contribution in [0.5, 0.6) is 5.75 Å². The third-order valence-corrected chi connectivity index (χ3v) is 4.17. The summed E-state index contributed by atoms with van der Waals surface area (Å²) in [5, 5.41) is 2.90. The summed E-state index contributed by atoms with van der Waals surface area (Å²) in [6.45, 7) is 2.36. The lowest BCUT2D eigenvalue weighted by Crippen LogP contribution is -2.28. The number of carbonyl (C=O) groups excluding carboxylic acids is 2. The molecule has 0 aromatic heterocycles. The Kier molecular flexibility index (Phi) is 4.51. The smallest absolute Gasteiger partial charge is 0.229 e. The van der Waals surface area contributed by atoms with Gasteiger partial charge in [0, 0.05) is 24.3 Å². The number of anilines is 2. The minimum absolute atomic E-state index is 0.0374. The molecule has 1 atom stereocenters. The maximum absolute atomic E-state index is 12.4. The number of hydrogen-bond acceptors (Lipinski definition) is 3. The lowest BCUT2D eigenvalue weighted by molar-refractivity contribution is -0.122. The van der Waals surface area contributed by atoms with Gasteiger partial charge in [-0.1, -0.05) is 12.1 Å². The molecule has 1 aliphatic heterocycles. The first kappa shape index (κ1) is 16.1. The van der Waals surface area contributed by atoms with Crippen LogP contribution < -0.4 is 15.0 Å². The molecule has 0 unspecified atom stereocenters. The maximum Gasteiger partial charge on any atom is 0.229 e. The summed E-state index contributed by atoms with van der Waals surface area (Å²) >= 11 is 0. The third-order valence-electron chi connectivity index (χ3n) is 4.17. The highest BCUT2D eigenvalue weighted by Crippen LogP contribution is 2.27. The van der Waals surface area contributed by atoms with Crippen LogP contribution in [0.2, 0.25) is 0 Å². The summed E-state index contributed by atoms with van der Waals surface area (Å²) in [4.78, 5) is 26.4. The van der Waals surface area contributed by atoms with E-state index in [2.05, 4.69) is 5.32 Å². The summed E-state index contributed by atoms with van der Waals surface area (Å²) in [7, 11) is 1.60. The Balaban J connectivity index is 1.68. The molecule has 1 fully saturated rings. The number of nitrogens with one attached hydrogen (secondary N) is 1. The highest BCUT2D eigenvalue weighted by molar-refractivity contribution is 6.03. The quantitative estimate of drug-likeness (QED) is 0.940. The Morgan fingerprint density at radius 2 is 1.96 bits per heavy atom. The maximum atomic E-state index is 12.4. The number of rotatable bonds is 4. The predicted octanol–water partition coefficient (Wildman–Crippen LogP) is 3.00. The molecule has 2 amide bonds. The van der Waals surface area contributed by atoms with Crippen LogP contribution in [0, 0.1) is 12.8 Å². The van der Waals surface area contributed by atoms with Crippen molar-refractivity contribution in [2.45, 2.75) is 13.3 Å². The van der Waals surface area contributed by atoms with E-state index >= 15 is 0 Å². The van der Waals surface area contributed by atoms with Gasteiger partial charge in [-0.15, -0.1) is 0 Å². The first-order valence-electron chi connectivity index (χ1n) is 7.89. The van der Waals surface area contributed by atoms with Crippen molar-refractivity contribution < 1.29 is 14.3 Å². The minimum atomic E-state index is -0.347. The fraction of sp³-hybridized carbons (Fsp3) is 0.263. The van der Waals surface area contributed by atoms with Crippen molar-refractivity contribution in [1.82, 2.24) is 0 Å². The molecule has 2 aromatic carbocycles. The van der Waals surface area contributed by atoms with Gasteiger partial charge in [0.1, 0.15) is 5.75 Å². The average molecular weight is 324 g/mol. The molecule has 0 aliphatic carbocycles. The van der Waals surface area contributed by atoms with Crippen LogP contribution in [0.3, 0.4) is 0 Å². The Morgan fingerprint density at radius 1 is 1.21 bits per heavy atom. The largest absolute Gasteiger partial charge is 0.497 e. The molecule has 0 bridgehead atoms. The van der Waals surface area contributed by atoms with Crippen molar-refractivity contribution in [2.75, 3.05) is 23.9 Å². The SMILES string of the molecule is COc1ccc(N2C[C@@H](C(=O)Nc3cccc(C)c3)CC2=O)cc1. The first-order valence-corrected chi connectivity index (χ1v) is 7.89. The molecule has 1 heterocycles. The lowest BCUT2D eigenvalue weighted by Gasteiger charge is -2.17. The van der Waals surface area contributed by atoms with E-state index in [0.29, 0.717) is 6.54 Å². The summed E-state index contributed by atoms with van der Waals surface area (Å²) in [6.07, 6.45) is 0.226. The van der Waals surface area contributed by atoms with Crippen LogP contribution in [0.1, 0.15) is 12.0 Å². The van der Waals surface area contributed by atoms with Gasteiger partial charge in [0.15, 0.2) is 0 Å². The van der Waals surface area contributed by atoms with Crippen molar-refractivity contribution in [1.29, 1.82) is 0 Å². The molecule has 1 saturated heterocycles. The van der Waals surface area contributed by atoms with E-state index in [4.69, 9.17) is 4.74 Å². The Hall–Kier alpha value is -2.82. The Morgan fingerprint density at radius 3 is 2.62 bits per heavy atom. The topological polar surface area (TPSA) is 58.6 Å². The zero-order chi connectivity index (χ0) is 17.1. The lowest BCUT2D eigenvalue weighted by atomic mass is 10.1. The second-order valence-corrected chi connectivity index (χ2v) is 5.96. The van der Waals surface area contributed by atoms with Crippen molar-refractivity contribution in [3.63, 3.8) is 0 Å². The summed E-state index contributed by atoms with van der Waals surface area (Å²) in [5.74, 6) is 0.230. The molecule has 124 valence electrons. The normalized spacial score (nSPS) is 17.0. The van der Waals surface area contributed by atoms with Gasteiger partial charge < -0.3 is 15.0 Å². The minimum Gasteiger partial charge on any atom is -0.497 e. The molecule has 2 aromatic rings. The van der Waals surface area contributed by atoms with E-state index in [1.165, 1.54) is 0 Å². The number of hydrogen-bond donors (Lipinski definition) is 1. The predicted molar refractivity (Wildman–Crippen MR) is 93.3 cm³/mol. The van der Waals surface area contributed by atoms with Crippen molar-refractivity contribution in [2.24, 2.45) is 5.92 Å². The zero-order valence-electron chi connectivity index (χ0n) is 13.8. The van der Waals surface area contributed by atoms with E-state index in [-0.39, 0.29) is 24.2 Å². The molecular weight excluding hydrogens is 304 g/mol. The molecule has 5 nitrogen and oxygen atoms in total. The number of methoxy groups -OCH3 is 1. The third kappa shape index (κ3) is 3.40. The Labute approximate surface area is 141 Å². The standard InChI is InChI=1S/C19H20N2O3/c1-13-4-3-5-15(10-13)20-19(23)14-11-18(22)21(12-14)16-6-8-17(24-2)9-7-16/h3-10,14H,11-12H2,1-2H3,(H,20,23)/t14-/m0/s1. The summed E-state index contributed by atoms with van der Waals surface area (Å²) < 4.78 is 5.13. The summed E-state index contributed by atoms with van der Waals surface area (Å²) in [6, 6.07) is 14.9. The number of carbonyl (C=O) groups is 2. The van der Waals surface area contributed by atoms with Gasteiger partial charge >= 0.3 is 0 Å². The van der Waals surface area contributed by atoms with Crippen molar-refractivity contribution >= 4 is 23.2 Å². The van der Waals surface area contributed by atoms with E-state index in [0.717, 1.165) is 22.7 Å². The Bertz CT molecular complexity index is 755. The van der Waals surface area contributed by atoms with Crippen LogP contribution in [-0.4, -0.2) is 25.5 Å². The number of amides is 2. The van der Waals surface area contributed by atoms with E-state index in [1.807, 2.05) is 55.5 Å². The molecule has 0 radical (unpaired) electrons. The highest BCUT2D eigenvalue weighted by Gasteiger charge is 2.35. The van der Waals surface area contributed by atoms with Crippen LogP contribution in [0.4, 0.5) is 11.4 Å². The van der Waals surface area contributed by atoms with Crippen LogP contribution in [0.15, 0.2) is 48.5 Å². The summed E-state index contributed by atoms with van der Waals surface area (Å²) in [5.41, 5.74) is 2.62. The molecule has 3 rings (SSSR count). The van der Waals surface area contributed by atoms with E-state index < -0.39 is 0 Å². The molecule has 0 saturated carbocycles. The number of ether oxygens (including phenoxy) is 1. The van der Waals surface area contributed by atoms with Crippen molar-refractivity contribution in [3.05, 3.63) is 54.1 Å². The molecule has 1 aliphatic rings. The van der Waals surface area contributed by atoms with Crippen LogP contribution >= 0.6 is 0 Å². The van der Waals surface area contributed by atoms with Gasteiger partial charge in [-0.3, -0.25) is 9.59 Å². The van der Waals surface area contributed by atoms with Crippen molar-refractivity contribution in [3.8, 4) is 5.75 Å². The van der Waals surface area contributed by atoms with Gasteiger partial charge in [0.05, 0.1) is 13.0 Å². The highest BCUT2D eigenvalue weighted by atomic mass is 16.5. The average Bonchev–Trinajstić information content (AvgIpc) is 2.97. The molecule has 0 spiro atoms. The molecule has 24 heavy (non-hydrogen) atoms. The molecule has 1 N–H and O–H groups in total. The van der Waals surface area contributed by atoms with Crippen LogP contribution in [-0.2, 0) is 9.59 Å². The second-order valence-electron chi connectivity index (χ2n) is 5.96.